The fourth-order valence-corrected chi connectivity index (χ4v) is 6.88. The Morgan fingerprint density at radius 1 is 0.730 bits per heavy atom. The second kappa shape index (κ2) is 8.82. The van der Waals surface area contributed by atoms with Gasteiger partial charge in [0.25, 0.3) is 0 Å². The second-order valence-electron chi connectivity index (χ2n) is 7.40. The van der Waals surface area contributed by atoms with Crippen LogP contribution in [0.3, 0.4) is 0 Å². The van der Waals surface area contributed by atoms with Gasteiger partial charge in [-0.2, -0.15) is 43.2 Å². The van der Waals surface area contributed by atoms with E-state index in [0.717, 1.165) is 18.2 Å². The highest BCUT2D eigenvalue weighted by Crippen LogP contribution is 2.51. The first-order chi connectivity index (χ1) is 17.0. The zero-order valence-corrected chi connectivity index (χ0v) is 20.3. The van der Waals surface area contributed by atoms with Crippen LogP contribution in [-0.4, -0.2) is 37.8 Å². The number of fused-ring (bicyclic) bond motifs is 2. The zero-order valence-electron chi connectivity index (χ0n) is 17.8. The summed E-state index contributed by atoms with van der Waals surface area (Å²) in [6, 6.07) is 17.7. The molecule has 1 aliphatic rings. The van der Waals surface area contributed by atoms with Crippen LogP contribution >= 0.6 is 0 Å². The molecule has 0 amide bonds. The van der Waals surface area contributed by atoms with Gasteiger partial charge in [-0.05, 0) is 36.4 Å². The van der Waals surface area contributed by atoms with Gasteiger partial charge in [-0.3, -0.25) is 4.55 Å². The number of ether oxygens (including phenoxy) is 1. The van der Waals surface area contributed by atoms with E-state index in [9.17, 15) is 43.2 Å². The second-order valence-corrected chi connectivity index (χ2v) is 12.4. The van der Waals surface area contributed by atoms with Crippen LogP contribution in [0.2, 0.25) is 0 Å². The predicted octanol–water partition coefficient (Wildman–Crippen LogP) is 5.31. The number of rotatable bonds is 7. The molecule has 0 atom stereocenters. The highest BCUT2D eigenvalue weighted by Gasteiger charge is 2.83. The Balaban J connectivity index is 1.75. The molecule has 0 bridgehead atoms. The van der Waals surface area contributed by atoms with E-state index < -0.39 is 53.3 Å². The molecule has 4 rings (SSSR count). The van der Waals surface area contributed by atoms with Crippen LogP contribution < -0.4 is 8.92 Å². The third kappa shape index (κ3) is 4.30. The zero-order chi connectivity index (χ0) is 27.4. The highest BCUT2D eigenvalue weighted by molar-refractivity contribution is 7.97. The summed E-state index contributed by atoms with van der Waals surface area (Å²) < 4.78 is 147. The van der Waals surface area contributed by atoms with Crippen molar-refractivity contribution in [3.8, 4) is 17.2 Å². The molecule has 37 heavy (non-hydrogen) atoms. The lowest BCUT2D eigenvalue weighted by Crippen LogP contribution is -2.61. The van der Waals surface area contributed by atoms with Crippen molar-refractivity contribution in [2.75, 3.05) is 0 Å². The maximum atomic E-state index is 14.2. The minimum absolute atomic E-state index is 0.259. The molecule has 0 saturated heterocycles. The maximum absolute atomic E-state index is 14.2. The van der Waals surface area contributed by atoms with Gasteiger partial charge in [0.2, 0.25) is 9.79 Å². The molecule has 0 aromatic heterocycles. The molecule has 7 nitrogen and oxygen atoms in total. The number of hydrogen-bond acceptors (Lipinski definition) is 6. The van der Waals surface area contributed by atoms with Crippen molar-refractivity contribution in [1.82, 2.24) is 0 Å². The first-order valence-electron chi connectivity index (χ1n) is 9.76. The Labute approximate surface area is 208 Å². The van der Waals surface area contributed by atoms with Crippen molar-refractivity contribution in [2.45, 2.75) is 31.1 Å². The Morgan fingerprint density at radius 2 is 1.24 bits per heavy atom. The topological polar surface area (TPSA) is 107 Å². The Bertz CT molecular complexity index is 1530. The summed E-state index contributed by atoms with van der Waals surface area (Å²) in [5, 5.41) is -13.6. The van der Waals surface area contributed by atoms with Gasteiger partial charge in [-0.1, -0.05) is 30.3 Å². The molecule has 198 valence electrons. The average Bonchev–Trinajstić information content (AvgIpc) is 2.81. The average molecular weight is 588 g/mol. The van der Waals surface area contributed by atoms with Crippen molar-refractivity contribution in [3.05, 3.63) is 72.8 Å². The van der Waals surface area contributed by atoms with Crippen LogP contribution in [-0.2, 0) is 31.1 Å². The van der Waals surface area contributed by atoms with Crippen molar-refractivity contribution in [3.63, 3.8) is 0 Å². The smallest absolute Gasteiger partial charge is 0.447 e. The maximum Gasteiger partial charge on any atom is 0.450 e. The van der Waals surface area contributed by atoms with E-state index in [1.54, 1.807) is 48.5 Å². The summed E-state index contributed by atoms with van der Waals surface area (Å²) >= 11 is 0. The molecule has 3 aromatic rings. The van der Waals surface area contributed by atoms with E-state index in [-0.39, 0.29) is 4.90 Å². The number of hydrogen-bond donors (Lipinski definition) is 1. The molecule has 0 spiro atoms. The van der Waals surface area contributed by atoms with Crippen molar-refractivity contribution >= 4 is 31.1 Å². The predicted molar refractivity (Wildman–Crippen MR) is 118 cm³/mol. The largest absolute Gasteiger partial charge is 0.450 e. The SMILES string of the molecule is O=S(=O)(O)C(F)(F)C(F)(F)C(F)(F)S(=O)(=O)Oc1cccc([S+]2c3ccccc3Oc3ccccc32)c1. The first kappa shape index (κ1) is 27.1. The summed E-state index contributed by atoms with van der Waals surface area (Å²) in [5.41, 5.74) is 0. The Hall–Kier alpha value is -2.95. The minimum atomic E-state index is -7.15. The normalized spacial score (nSPS) is 14.9. The quantitative estimate of drug-likeness (QED) is 0.135. The van der Waals surface area contributed by atoms with E-state index in [1.807, 2.05) is 0 Å². The molecule has 1 aliphatic heterocycles. The van der Waals surface area contributed by atoms with Gasteiger partial charge in [0.05, 0.1) is 0 Å². The summed E-state index contributed by atoms with van der Waals surface area (Å²) in [7, 11) is -15.1. The number of para-hydroxylation sites is 2. The van der Waals surface area contributed by atoms with Crippen LogP contribution in [0.1, 0.15) is 0 Å². The van der Waals surface area contributed by atoms with Crippen LogP contribution in [0.15, 0.2) is 87.5 Å². The van der Waals surface area contributed by atoms with Crippen molar-refractivity contribution in [1.29, 1.82) is 0 Å². The molecule has 1 N–H and O–H groups in total. The fourth-order valence-electron chi connectivity index (χ4n) is 3.22. The van der Waals surface area contributed by atoms with E-state index in [2.05, 4.69) is 4.18 Å². The van der Waals surface area contributed by atoms with Gasteiger partial charge in [-0.15, -0.1) is 0 Å². The third-order valence-electron chi connectivity index (χ3n) is 4.97. The molecule has 0 fully saturated rings. The first-order valence-corrected chi connectivity index (χ1v) is 13.8. The van der Waals surface area contributed by atoms with Crippen LogP contribution in [0.25, 0.3) is 0 Å². The fraction of sp³-hybridized carbons (Fsp3) is 0.143. The lowest BCUT2D eigenvalue weighted by Gasteiger charge is -2.29. The van der Waals surface area contributed by atoms with E-state index in [0.29, 0.717) is 21.3 Å². The molecule has 0 radical (unpaired) electrons. The van der Waals surface area contributed by atoms with Crippen LogP contribution in [0, 0.1) is 0 Å². The van der Waals surface area contributed by atoms with Gasteiger partial charge in [0.15, 0.2) is 16.4 Å². The standard InChI is InChI=1S/C21H12F6O7S3/c22-19(23,20(24,25)36(28,29)30)21(26,27)37(31,32)34-13-6-5-7-14(12-13)35-17-10-3-1-8-15(17)33-16-9-2-4-11-18(16)35/h1-12H/p+1. The molecule has 0 aliphatic carbocycles. The molecule has 0 unspecified atom stereocenters. The summed E-state index contributed by atoms with van der Waals surface area (Å²) in [6.07, 6.45) is 0. The van der Waals surface area contributed by atoms with Gasteiger partial charge in [0.1, 0.15) is 16.6 Å². The van der Waals surface area contributed by atoms with Gasteiger partial charge in [-0.25, -0.2) is 0 Å². The molecule has 0 saturated carbocycles. The lowest BCUT2D eigenvalue weighted by molar-refractivity contribution is -0.247. The highest BCUT2D eigenvalue weighted by atomic mass is 32.2. The third-order valence-corrected chi connectivity index (χ3v) is 9.45. The molecule has 16 heteroatoms. The summed E-state index contributed by atoms with van der Waals surface area (Å²) in [4.78, 5) is 1.46. The number of halogens is 6. The monoisotopic (exact) mass is 587 g/mol. The molecular weight excluding hydrogens is 574 g/mol. The van der Waals surface area contributed by atoms with Gasteiger partial charge in [0, 0.05) is 6.07 Å². The summed E-state index contributed by atoms with van der Waals surface area (Å²) in [5.74, 6) is -7.19. The van der Waals surface area contributed by atoms with E-state index in [4.69, 9.17) is 9.29 Å². The minimum Gasteiger partial charge on any atom is -0.447 e. The van der Waals surface area contributed by atoms with Crippen molar-refractivity contribution in [2.24, 2.45) is 0 Å². The lowest BCUT2D eigenvalue weighted by atomic mass is 10.3. The molecule has 3 aromatic carbocycles. The molecular formula is C21H13F6O7S3+. The number of benzene rings is 3. The molecule has 1 heterocycles. The van der Waals surface area contributed by atoms with Crippen LogP contribution in [0.4, 0.5) is 26.3 Å². The summed E-state index contributed by atoms with van der Waals surface area (Å²) in [6.45, 7) is 0. The Kier molecular flexibility index (Phi) is 6.46. The van der Waals surface area contributed by atoms with Crippen molar-refractivity contribution < 1.29 is 56.7 Å². The van der Waals surface area contributed by atoms with E-state index >= 15 is 0 Å². The van der Waals surface area contributed by atoms with E-state index in [1.165, 1.54) is 6.07 Å². The van der Waals surface area contributed by atoms with Gasteiger partial charge >= 0.3 is 36.7 Å². The number of alkyl halides is 6. The Morgan fingerprint density at radius 3 is 1.76 bits per heavy atom. The van der Waals surface area contributed by atoms with Gasteiger partial charge < -0.3 is 8.92 Å². The van der Waals surface area contributed by atoms with Crippen LogP contribution in [0.5, 0.6) is 17.2 Å².